The Morgan fingerprint density at radius 1 is 1.10 bits per heavy atom. The third kappa shape index (κ3) is 3.68. The van der Waals surface area contributed by atoms with Gasteiger partial charge in [0.1, 0.15) is 24.4 Å². The van der Waals surface area contributed by atoms with Crippen LogP contribution in [0.5, 0.6) is 5.75 Å². The predicted octanol–water partition coefficient (Wildman–Crippen LogP) is 1.97. The molecule has 1 aliphatic heterocycles. The summed E-state index contributed by atoms with van der Waals surface area (Å²) in [4.78, 5) is 38.9. The fraction of sp³-hybridized carbons (Fsp3) is 0.318. The highest BCUT2D eigenvalue weighted by atomic mass is 16.5. The molecule has 1 atom stereocenters. The predicted molar refractivity (Wildman–Crippen MR) is 106 cm³/mol. The number of hydrogen-bond donors (Lipinski definition) is 2. The van der Waals surface area contributed by atoms with Crippen LogP contribution in [0.15, 0.2) is 54.6 Å². The number of nitrogens with zero attached hydrogens (tertiary/aromatic N) is 1. The van der Waals surface area contributed by atoms with Crippen LogP contribution in [0.1, 0.15) is 24.0 Å². The molecule has 0 aromatic heterocycles. The van der Waals surface area contributed by atoms with Crippen molar-refractivity contribution in [2.75, 3.05) is 19.7 Å². The van der Waals surface area contributed by atoms with Gasteiger partial charge < -0.3 is 15.4 Å². The molecule has 2 aromatic rings. The van der Waals surface area contributed by atoms with E-state index in [9.17, 15) is 14.4 Å². The zero-order chi connectivity index (χ0) is 20.3. The van der Waals surface area contributed by atoms with Gasteiger partial charge in [0.15, 0.2) is 0 Å². The van der Waals surface area contributed by atoms with Crippen LogP contribution >= 0.6 is 0 Å². The van der Waals surface area contributed by atoms with Crippen LogP contribution in [-0.2, 0) is 21.5 Å². The Morgan fingerprint density at radius 3 is 2.69 bits per heavy atom. The molecule has 29 heavy (non-hydrogen) atoms. The minimum absolute atomic E-state index is 0.283. The van der Waals surface area contributed by atoms with Crippen molar-refractivity contribution in [3.05, 3.63) is 65.7 Å². The first kappa shape index (κ1) is 19.0. The van der Waals surface area contributed by atoms with Crippen molar-refractivity contribution in [1.82, 2.24) is 15.5 Å². The van der Waals surface area contributed by atoms with Crippen LogP contribution in [-0.4, -0.2) is 42.4 Å². The molecule has 4 rings (SSSR count). The molecule has 0 saturated carbocycles. The summed E-state index contributed by atoms with van der Waals surface area (Å²) in [5.74, 6) is -0.0367. The molecule has 1 fully saturated rings. The quantitative estimate of drug-likeness (QED) is 0.580. The second-order valence-electron chi connectivity index (χ2n) is 7.25. The average molecular weight is 393 g/mol. The molecule has 2 N–H and O–H groups in total. The smallest absolute Gasteiger partial charge is 0.325 e. The molecule has 0 bridgehead atoms. The molecule has 4 amide bonds. The first-order valence-electron chi connectivity index (χ1n) is 9.77. The first-order chi connectivity index (χ1) is 14.1. The van der Waals surface area contributed by atoms with E-state index in [0.717, 1.165) is 28.9 Å². The van der Waals surface area contributed by atoms with Crippen LogP contribution in [0.25, 0.3) is 0 Å². The molecule has 2 aliphatic rings. The van der Waals surface area contributed by atoms with Crippen molar-refractivity contribution in [2.24, 2.45) is 0 Å². The molecule has 0 radical (unpaired) electrons. The topological polar surface area (TPSA) is 87.7 Å². The third-order valence-corrected chi connectivity index (χ3v) is 5.39. The molecule has 1 aliphatic carbocycles. The van der Waals surface area contributed by atoms with Crippen LogP contribution < -0.4 is 15.4 Å². The van der Waals surface area contributed by atoms with Gasteiger partial charge in [-0.2, -0.15) is 0 Å². The summed E-state index contributed by atoms with van der Waals surface area (Å²) in [6, 6.07) is 16.4. The number of nitrogens with one attached hydrogen (secondary N) is 2. The van der Waals surface area contributed by atoms with Gasteiger partial charge in [0, 0.05) is 0 Å². The van der Waals surface area contributed by atoms with Gasteiger partial charge in [-0.15, -0.1) is 0 Å². The van der Waals surface area contributed by atoms with E-state index in [1.165, 1.54) is 0 Å². The SMILES string of the molecule is O=C(CN1C(=O)NC2(CCCc3ccccc32)C1=O)NCCOc1ccccc1. The number of para-hydroxylation sites is 1. The van der Waals surface area contributed by atoms with Crippen LogP contribution in [0.3, 0.4) is 0 Å². The van der Waals surface area contributed by atoms with E-state index in [0.29, 0.717) is 18.8 Å². The number of carbonyl (C=O) groups excluding carboxylic acids is 3. The maximum Gasteiger partial charge on any atom is 0.325 e. The molecular weight excluding hydrogens is 370 g/mol. The lowest BCUT2D eigenvalue weighted by atomic mass is 9.76. The summed E-state index contributed by atoms with van der Waals surface area (Å²) in [7, 11) is 0. The molecule has 1 saturated heterocycles. The van der Waals surface area contributed by atoms with E-state index in [4.69, 9.17) is 4.74 Å². The summed E-state index contributed by atoms with van der Waals surface area (Å²) in [5.41, 5.74) is 0.850. The lowest BCUT2D eigenvalue weighted by Gasteiger charge is -2.33. The number of imide groups is 1. The van der Waals surface area contributed by atoms with Crippen molar-refractivity contribution in [2.45, 2.75) is 24.8 Å². The van der Waals surface area contributed by atoms with Crippen LogP contribution in [0.4, 0.5) is 4.79 Å². The zero-order valence-electron chi connectivity index (χ0n) is 16.0. The van der Waals surface area contributed by atoms with Gasteiger partial charge in [0.05, 0.1) is 6.54 Å². The monoisotopic (exact) mass is 393 g/mol. The molecule has 150 valence electrons. The summed E-state index contributed by atoms with van der Waals surface area (Å²) >= 11 is 0. The zero-order valence-corrected chi connectivity index (χ0v) is 16.0. The number of carbonyl (C=O) groups is 3. The van der Waals surface area contributed by atoms with Crippen molar-refractivity contribution in [3.63, 3.8) is 0 Å². The lowest BCUT2D eigenvalue weighted by molar-refractivity contribution is -0.135. The van der Waals surface area contributed by atoms with Gasteiger partial charge in [0.2, 0.25) is 5.91 Å². The van der Waals surface area contributed by atoms with Crippen LogP contribution in [0, 0.1) is 0 Å². The Kier molecular flexibility index (Phi) is 5.20. The Hall–Kier alpha value is -3.35. The molecular formula is C22H23N3O4. The summed E-state index contributed by atoms with van der Waals surface area (Å²) < 4.78 is 5.52. The highest BCUT2D eigenvalue weighted by molar-refractivity contribution is 6.09. The highest BCUT2D eigenvalue weighted by Gasteiger charge is 2.54. The van der Waals surface area contributed by atoms with Crippen molar-refractivity contribution >= 4 is 17.8 Å². The molecule has 1 unspecified atom stereocenters. The van der Waals surface area contributed by atoms with Crippen molar-refractivity contribution < 1.29 is 19.1 Å². The fourth-order valence-corrected chi connectivity index (χ4v) is 4.03. The number of amides is 4. The number of aryl methyl sites for hydroxylation is 1. The van der Waals surface area contributed by atoms with E-state index in [2.05, 4.69) is 10.6 Å². The standard InChI is InChI=1S/C22H23N3O4/c26-19(23-13-14-29-17-9-2-1-3-10-17)15-25-20(27)22(24-21(25)28)12-6-8-16-7-4-5-11-18(16)22/h1-5,7,9-11H,6,8,12-15H2,(H,23,26)(H,24,28). The van der Waals surface area contributed by atoms with Gasteiger partial charge in [-0.3, -0.25) is 14.5 Å². The van der Waals surface area contributed by atoms with Crippen LogP contribution in [0.2, 0.25) is 0 Å². The molecule has 1 spiro atoms. The maximum absolute atomic E-state index is 13.1. The number of ether oxygens (including phenoxy) is 1. The number of hydrogen-bond acceptors (Lipinski definition) is 4. The van der Waals surface area contributed by atoms with E-state index in [-0.39, 0.29) is 19.0 Å². The number of fused-ring (bicyclic) bond motifs is 2. The second kappa shape index (κ2) is 7.95. The Morgan fingerprint density at radius 2 is 1.86 bits per heavy atom. The van der Waals surface area contributed by atoms with Crippen molar-refractivity contribution in [3.8, 4) is 5.75 Å². The minimum Gasteiger partial charge on any atom is -0.492 e. The third-order valence-electron chi connectivity index (χ3n) is 5.39. The first-order valence-corrected chi connectivity index (χ1v) is 9.77. The summed E-state index contributed by atoms with van der Waals surface area (Å²) in [5, 5.41) is 5.55. The van der Waals surface area contributed by atoms with Gasteiger partial charge in [0.25, 0.3) is 5.91 Å². The number of rotatable bonds is 6. The Balaban J connectivity index is 1.36. The van der Waals surface area contributed by atoms with Gasteiger partial charge in [-0.25, -0.2) is 4.79 Å². The number of benzene rings is 2. The van der Waals surface area contributed by atoms with Gasteiger partial charge in [-0.1, -0.05) is 42.5 Å². The summed E-state index contributed by atoms with van der Waals surface area (Å²) in [6.45, 7) is 0.276. The molecule has 7 nitrogen and oxygen atoms in total. The maximum atomic E-state index is 13.1. The fourth-order valence-electron chi connectivity index (χ4n) is 4.03. The lowest BCUT2D eigenvalue weighted by Crippen LogP contribution is -2.47. The molecule has 1 heterocycles. The normalized spacial score (nSPS) is 20.3. The average Bonchev–Trinajstić information content (AvgIpc) is 2.97. The highest BCUT2D eigenvalue weighted by Crippen LogP contribution is 2.39. The largest absolute Gasteiger partial charge is 0.492 e. The second-order valence-corrected chi connectivity index (χ2v) is 7.25. The minimum atomic E-state index is -1.05. The Bertz CT molecular complexity index is 931. The number of urea groups is 1. The van der Waals surface area contributed by atoms with E-state index < -0.39 is 17.5 Å². The molecule has 7 heteroatoms. The summed E-state index contributed by atoms with van der Waals surface area (Å²) in [6.07, 6.45) is 2.22. The van der Waals surface area contributed by atoms with E-state index in [1.807, 2.05) is 54.6 Å². The van der Waals surface area contributed by atoms with Crippen molar-refractivity contribution in [1.29, 1.82) is 0 Å². The van der Waals surface area contributed by atoms with Gasteiger partial charge >= 0.3 is 6.03 Å². The van der Waals surface area contributed by atoms with Gasteiger partial charge in [-0.05, 0) is 42.5 Å². The molecule has 2 aromatic carbocycles. The van der Waals surface area contributed by atoms with E-state index in [1.54, 1.807) is 0 Å². The Labute approximate surface area is 169 Å². The van der Waals surface area contributed by atoms with E-state index >= 15 is 0 Å².